The Labute approximate surface area is 387 Å². The van der Waals surface area contributed by atoms with E-state index in [9.17, 15) is 15.0 Å². The van der Waals surface area contributed by atoms with Crippen molar-refractivity contribution in [2.45, 2.75) is 296 Å². The third-order valence-electron chi connectivity index (χ3n) is 12.5. The van der Waals surface area contributed by atoms with Gasteiger partial charge >= 0.3 is 0 Å². The molecule has 62 heavy (non-hydrogen) atoms. The third kappa shape index (κ3) is 49.1. The van der Waals surface area contributed by atoms with Crippen molar-refractivity contribution in [1.82, 2.24) is 5.32 Å². The first kappa shape index (κ1) is 60.1. The molecule has 0 rings (SSSR count). The second-order valence-electron chi connectivity index (χ2n) is 18.6. The number of nitrogens with one attached hydrogen (secondary N) is 1. The Morgan fingerprint density at radius 3 is 1.03 bits per heavy atom. The number of allylic oxidation sites excluding steroid dienone is 9. The predicted molar refractivity (Wildman–Crippen MR) is 276 cm³/mol. The van der Waals surface area contributed by atoms with Gasteiger partial charge in [0, 0.05) is 6.42 Å². The van der Waals surface area contributed by atoms with Crippen molar-refractivity contribution in [3.8, 4) is 0 Å². The average Bonchev–Trinajstić information content (AvgIpc) is 3.28. The van der Waals surface area contributed by atoms with E-state index in [0.29, 0.717) is 6.42 Å². The molecule has 0 heterocycles. The van der Waals surface area contributed by atoms with E-state index >= 15 is 0 Å². The van der Waals surface area contributed by atoms with Crippen molar-refractivity contribution in [3.05, 3.63) is 60.8 Å². The van der Waals surface area contributed by atoms with Crippen molar-refractivity contribution in [2.24, 2.45) is 0 Å². The topological polar surface area (TPSA) is 69.6 Å². The van der Waals surface area contributed by atoms with Gasteiger partial charge in [0.1, 0.15) is 0 Å². The summed E-state index contributed by atoms with van der Waals surface area (Å²) < 4.78 is 0. The molecular weight excluding hydrogens is 759 g/mol. The number of amides is 1. The molecule has 0 aromatic heterocycles. The average molecular weight is 866 g/mol. The van der Waals surface area contributed by atoms with E-state index in [4.69, 9.17) is 0 Å². The van der Waals surface area contributed by atoms with Crippen molar-refractivity contribution in [3.63, 3.8) is 0 Å². The summed E-state index contributed by atoms with van der Waals surface area (Å²) in [5.74, 6) is -0.0768. The molecule has 4 nitrogen and oxygen atoms in total. The number of aliphatic hydroxyl groups excluding tert-OH is 2. The molecule has 0 aliphatic rings. The minimum atomic E-state index is -0.872. The van der Waals surface area contributed by atoms with Crippen molar-refractivity contribution in [2.75, 3.05) is 6.61 Å². The number of rotatable bonds is 50. The van der Waals surface area contributed by atoms with Gasteiger partial charge < -0.3 is 15.5 Å². The highest BCUT2D eigenvalue weighted by Crippen LogP contribution is 2.16. The zero-order valence-electron chi connectivity index (χ0n) is 41.6. The second kappa shape index (κ2) is 53.4. The van der Waals surface area contributed by atoms with Gasteiger partial charge in [-0.05, 0) is 77.0 Å². The molecule has 1 amide bonds. The summed E-state index contributed by atoms with van der Waals surface area (Å²) in [5, 5.41) is 23.1. The molecule has 2 atom stereocenters. The Bertz CT molecular complexity index is 1030. The van der Waals surface area contributed by atoms with Gasteiger partial charge in [-0.1, -0.05) is 261 Å². The molecule has 4 heteroatoms. The molecule has 0 spiro atoms. The zero-order valence-corrected chi connectivity index (χ0v) is 41.6. The van der Waals surface area contributed by atoms with Gasteiger partial charge in [0.05, 0.1) is 18.8 Å². The van der Waals surface area contributed by atoms with Crippen molar-refractivity contribution in [1.29, 1.82) is 0 Å². The Kier molecular flexibility index (Phi) is 51.8. The van der Waals surface area contributed by atoms with Crippen LogP contribution in [-0.4, -0.2) is 34.9 Å². The largest absolute Gasteiger partial charge is 0.394 e. The number of aliphatic hydroxyl groups is 2. The lowest BCUT2D eigenvalue weighted by atomic mass is 10.0. The van der Waals surface area contributed by atoms with Crippen LogP contribution in [0.15, 0.2) is 60.8 Å². The molecule has 362 valence electrons. The second-order valence-corrected chi connectivity index (χ2v) is 18.6. The smallest absolute Gasteiger partial charge is 0.220 e. The molecule has 0 saturated heterocycles. The summed E-state index contributed by atoms with van der Waals surface area (Å²) in [4.78, 5) is 12.5. The van der Waals surface area contributed by atoms with Gasteiger partial charge in [0.2, 0.25) is 5.91 Å². The number of hydrogen-bond donors (Lipinski definition) is 3. The minimum Gasteiger partial charge on any atom is -0.394 e. The van der Waals surface area contributed by atoms with E-state index in [1.807, 2.05) is 6.08 Å². The van der Waals surface area contributed by atoms with E-state index in [1.54, 1.807) is 6.08 Å². The molecule has 0 fully saturated rings. The van der Waals surface area contributed by atoms with E-state index in [-0.39, 0.29) is 12.5 Å². The van der Waals surface area contributed by atoms with E-state index in [1.165, 1.54) is 218 Å². The first-order valence-electron chi connectivity index (χ1n) is 27.5. The molecule has 0 bridgehead atoms. The summed E-state index contributed by atoms with van der Waals surface area (Å²) in [6, 6.07) is -0.647. The SMILES string of the molecule is CCCCCCCCCCC/C=C\C/C=C\CCCCCCCCCCCCCCCCCC(=O)NC(CO)C(O)/C=C/CC/C=C/CC/C=C/CCCCCCCCCCC. The fourth-order valence-electron chi connectivity index (χ4n) is 8.24. The normalized spacial score (nSPS) is 13.3. The van der Waals surface area contributed by atoms with Crippen LogP contribution in [0.2, 0.25) is 0 Å². The van der Waals surface area contributed by atoms with E-state index in [2.05, 4.69) is 67.8 Å². The van der Waals surface area contributed by atoms with Gasteiger partial charge in [-0.3, -0.25) is 4.79 Å². The highest BCUT2D eigenvalue weighted by molar-refractivity contribution is 5.76. The van der Waals surface area contributed by atoms with Crippen LogP contribution in [0.5, 0.6) is 0 Å². The molecule has 0 aromatic carbocycles. The lowest BCUT2D eigenvalue weighted by Gasteiger charge is -2.19. The fraction of sp³-hybridized carbons (Fsp3) is 0.810. The minimum absolute atomic E-state index is 0.0768. The van der Waals surface area contributed by atoms with Gasteiger partial charge in [-0.15, -0.1) is 0 Å². The molecule has 0 radical (unpaired) electrons. The summed E-state index contributed by atoms with van der Waals surface area (Å²) >= 11 is 0. The summed E-state index contributed by atoms with van der Waals surface area (Å²) in [7, 11) is 0. The molecule has 0 aliphatic heterocycles. The summed E-state index contributed by atoms with van der Waals surface area (Å²) in [6.45, 7) is 4.31. The van der Waals surface area contributed by atoms with Gasteiger partial charge in [-0.2, -0.15) is 0 Å². The van der Waals surface area contributed by atoms with E-state index < -0.39 is 12.1 Å². The van der Waals surface area contributed by atoms with Crippen LogP contribution in [0.3, 0.4) is 0 Å². The van der Waals surface area contributed by atoms with Crippen LogP contribution in [0.25, 0.3) is 0 Å². The standard InChI is InChI=1S/C58H107NO3/c1-3-5-7-9-11-13-15-17-19-21-23-24-25-26-27-28-29-30-31-32-33-34-36-38-40-42-44-46-48-50-52-54-58(62)59-56(55-60)57(61)53-51-49-47-45-43-41-39-37-35-22-20-18-16-14-12-10-8-6-4-2/h23-24,26-27,35,37,43,45,51,53,56-57,60-61H,3-22,25,28-34,36,38-42,44,46-50,52,54-55H2,1-2H3,(H,59,62)/b24-23-,27-26-,37-35+,45-43+,53-51+. The highest BCUT2D eigenvalue weighted by Gasteiger charge is 2.17. The molecule has 0 saturated carbocycles. The maximum absolute atomic E-state index is 12.5. The highest BCUT2D eigenvalue weighted by atomic mass is 16.3. The van der Waals surface area contributed by atoms with Crippen molar-refractivity contribution < 1.29 is 15.0 Å². The Balaban J connectivity index is 3.54. The Morgan fingerprint density at radius 1 is 0.387 bits per heavy atom. The van der Waals surface area contributed by atoms with Gasteiger partial charge in [0.25, 0.3) is 0 Å². The summed E-state index contributed by atoms with van der Waals surface area (Å²) in [6.07, 6.45) is 75.2. The number of carbonyl (C=O) groups excluding carboxylic acids is 1. The third-order valence-corrected chi connectivity index (χ3v) is 12.5. The fourth-order valence-corrected chi connectivity index (χ4v) is 8.24. The molecule has 2 unspecified atom stereocenters. The first-order chi connectivity index (χ1) is 30.7. The predicted octanol–water partition coefficient (Wildman–Crippen LogP) is 18.0. The van der Waals surface area contributed by atoms with Gasteiger partial charge in [0.15, 0.2) is 0 Å². The number of hydrogen-bond acceptors (Lipinski definition) is 3. The van der Waals surface area contributed by atoms with Crippen LogP contribution in [0.4, 0.5) is 0 Å². The molecule has 3 N–H and O–H groups in total. The monoisotopic (exact) mass is 866 g/mol. The lowest BCUT2D eigenvalue weighted by molar-refractivity contribution is -0.123. The van der Waals surface area contributed by atoms with Crippen LogP contribution in [0.1, 0.15) is 284 Å². The first-order valence-corrected chi connectivity index (χ1v) is 27.5. The number of carbonyl (C=O) groups is 1. The maximum Gasteiger partial charge on any atom is 0.220 e. The maximum atomic E-state index is 12.5. The van der Waals surface area contributed by atoms with Crippen LogP contribution in [0, 0.1) is 0 Å². The van der Waals surface area contributed by atoms with Crippen LogP contribution < -0.4 is 5.32 Å². The number of unbranched alkanes of at least 4 members (excludes halogenated alkanes) is 35. The van der Waals surface area contributed by atoms with Crippen LogP contribution in [-0.2, 0) is 4.79 Å². The zero-order chi connectivity index (χ0) is 44.9. The Hall–Kier alpha value is -1.91. The summed E-state index contributed by atoms with van der Waals surface area (Å²) in [5.41, 5.74) is 0. The van der Waals surface area contributed by atoms with Crippen LogP contribution >= 0.6 is 0 Å². The molecular formula is C58H107NO3. The Morgan fingerprint density at radius 2 is 0.677 bits per heavy atom. The van der Waals surface area contributed by atoms with Gasteiger partial charge in [-0.25, -0.2) is 0 Å². The molecule has 0 aliphatic carbocycles. The van der Waals surface area contributed by atoms with E-state index in [0.717, 1.165) is 44.9 Å². The van der Waals surface area contributed by atoms with Crippen molar-refractivity contribution >= 4 is 5.91 Å². The molecule has 0 aromatic rings. The quantitative estimate of drug-likeness (QED) is 0.0421. The lowest BCUT2D eigenvalue weighted by Crippen LogP contribution is -2.45.